The molecule has 0 radical (unpaired) electrons. The van der Waals surface area contributed by atoms with Crippen molar-refractivity contribution in [1.82, 2.24) is 0 Å². The first-order valence-corrected chi connectivity index (χ1v) is 48.1. The summed E-state index contributed by atoms with van der Waals surface area (Å²) in [5.74, 6) is 6.71. The Kier molecular flexibility index (Phi) is 50.8. The van der Waals surface area contributed by atoms with Crippen LogP contribution in [0.1, 0.15) is 315 Å². The van der Waals surface area contributed by atoms with Gasteiger partial charge in [-0.1, -0.05) is 257 Å². The van der Waals surface area contributed by atoms with E-state index >= 15 is 0 Å². The average Bonchev–Trinajstić information content (AvgIpc) is 0.758. The molecule has 8 aromatic rings. The van der Waals surface area contributed by atoms with E-state index in [1.165, 1.54) is 77.9 Å². The molecule has 0 aliphatic rings. The fraction of sp³-hybridized carbons (Fsp3) is 0.468. The molecule has 0 saturated heterocycles. The maximum atomic E-state index is 14.5. The normalized spacial score (nSPS) is 10.9. The SMILES string of the molecule is CC(C)c1cc(C(C)C)c(-c2cccc(-c3c(C(C)C)cc(C(C)C)cc3C(C)C)c2O)c(C(C)C)c1.CC(C)c1cc(C(C)C)c(-c2cccc(-c3c(C(C)C)cc(C(C)C)cc3C(C)C)c2[O-])c(C(C)C)c1.COc1ccccc1[CH]=[Mo]=[O].COc1ccccc1[CH]=[Mo]=[O].C[PH+](C)C.C[PH+](C)C.Cl.Cl.Cl.[Li+]. The summed E-state index contributed by atoms with van der Waals surface area (Å²) in [5, 5.41) is 26.6. The molecule has 8 aromatic carbocycles. The first-order chi connectivity index (χ1) is 48.7. The minimum Gasteiger partial charge on any atom is -0.147 e. The van der Waals surface area contributed by atoms with Crippen LogP contribution in [-0.4, -0.2) is 68.1 Å². The van der Waals surface area contributed by atoms with Gasteiger partial charge in [0, 0.05) is 51.1 Å². The Morgan fingerprint density at radius 1 is 0.324 bits per heavy atom. The number of ether oxygens (including phenoxy) is 2. The van der Waals surface area contributed by atoms with Crippen molar-refractivity contribution in [1.29, 1.82) is 0 Å². The number of hydrogen-bond acceptors (Lipinski definition) is 6. The standard InChI is InChI=1S/2C36H50O.2C8H8O.2C3H9P.3ClH.Li.2Mo.2O/c2*1-20(2)26-16-30(22(5)6)34(31(17-26)23(7)8)28-14-13-15-29(36(28)37)35-32(24(9)10)18-27(21(3)4)19-33(35)25(11)12;2*1-7-5-3-4-6-8(7)9-2;2*1-4(2)3;;;;;;;;/h2*13-25,37H,1-12H3;2*1,3-6H,2H3;2*1-3H3;3*1H;;;;;/q;;;;;;;;;+1;;;;/p+1. The van der Waals surface area contributed by atoms with Crippen molar-refractivity contribution in [3.63, 3.8) is 0 Å². The number of hydrogen-bond donors (Lipinski definition) is 1. The summed E-state index contributed by atoms with van der Waals surface area (Å²) in [4.78, 5) is 0. The first kappa shape index (κ1) is 106. The van der Waals surface area contributed by atoms with Gasteiger partial charge in [0.25, 0.3) is 0 Å². The molecule has 0 unspecified atom stereocenters. The van der Waals surface area contributed by atoms with E-state index in [1.807, 2.05) is 48.5 Å². The largest absolute Gasteiger partial charge is 1.00 e. The van der Waals surface area contributed by atoms with Crippen LogP contribution in [0.4, 0.5) is 0 Å². The van der Waals surface area contributed by atoms with Crippen molar-refractivity contribution in [2.45, 2.75) is 237 Å². The predicted octanol–water partition coefficient (Wildman–Crippen LogP) is 25.3. The molecule has 0 saturated carbocycles. The van der Waals surface area contributed by atoms with Crippen LogP contribution in [0.25, 0.3) is 44.5 Å². The van der Waals surface area contributed by atoms with E-state index in [0.717, 1.165) is 56.0 Å². The summed E-state index contributed by atoms with van der Waals surface area (Å²) in [5.41, 5.74) is 26.1. The zero-order valence-corrected chi connectivity index (χ0v) is 80.8. The molecule has 0 heterocycles. The molecule has 108 heavy (non-hydrogen) atoms. The first-order valence-electron chi connectivity index (χ1n) is 38.1. The maximum Gasteiger partial charge on any atom is 1.00 e. The van der Waals surface area contributed by atoms with Gasteiger partial charge < -0.3 is 10.2 Å². The average molecular weight is 1730 g/mol. The molecule has 0 atom stereocenters. The van der Waals surface area contributed by atoms with Crippen molar-refractivity contribution in [2.75, 3.05) is 54.2 Å². The molecule has 0 aromatic heterocycles. The van der Waals surface area contributed by atoms with E-state index in [-0.39, 0.29) is 77.7 Å². The summed E-state index contributed by atoms with van der Waals surface area (Å²) < 4.78 is 34.3. The van der Waals surface area contributed by atoms with E-state index in [2.05, 4.69) is 291 Å². The molecule has 0 aliphatic carbocycles. The van der Waals surface area contributed by atoms with Gasteiger partial charge in [0.2, 0.25) is 0 Å². The zero-order chi connectivity index (χ0) is 78.9. The monoisotopic (exact) mass is 1730 g/mol. The molecule has 0 aliphatic heterocycles. The molecular formula is C94H138Cl3LiMo2O6P2+2. The Hall–Kier alpha value is -4.00. The number of para-hydroxylation sites is 4. The second-order valence-electron chi connectivity index (χ2n) is 32.4. The van der Waals surface area contributed by atoms with Gasteiger partial charge in [0.1, 0.15) is 5.75 Å². The van der Waals surface area contributed by atoms with Gasteiger partial charge in [-0.2, -0.15) is 0 Å². The van der Waals surface area contributed by atoms with Gasteiger partial charge in [-0.25, -0.2) is 0 Å². The number of aromatic hydroxyl groups is 1. The van der Waals surface area contributed by atoms with Gasteiger partial charge in [-0.3, -0.25) is 0 Å². The van der Waals surface area contributed by atoms with Crippen LogP contribution in [0.5, 0.6) is 23.0 Å². The van der Waals surface area contributed by atoms with E-state index in [9.17, 15) is 17.0 Å². The minimum absolute atomic E-state index is 0. The Labute approximate surface area is 707 Å². The fourth-order valence-corrected chi connectivity index (χ4v) is 14.0. The number of benzene rings is 8. The molecule has 592 valence electrons. The van der Waals surface area contributed by atoms with Gasteiger partial charge in [-0.15, -0.1) is 37.2 Å². The Morgan fingerprint density at radius 2 is 0.509 bits per heavy atom. The predicted molar refractivity (Wildman–Crippen MR) is 476 cm³/mol. The summed E-state index contributed by atoms with van der Waals surface area (Å²) in [7, 11) is 3.46. The molecular weight excluding hydrogens is 1590 g/mol. The second-order valence-corrected chi connectivity index (χ2v) is 40.6. The third-order valence-corrected chi connectivity index (χ3v) is 20.0. The fourth-order valence-electron chi connectivity index (χ4n) is 12.6. The van der Waals surface area contributed by atoms with Crippen LogP contribution in [0.3, 0.4) is 0 Å². The van der Waals surface area contributed by atoms with Crippen LogP contribution in [-0.2, 0) is 42.9 Å². The van der Waals surface area contributed by atoms with Crippen LogP contribution in [0.2, 0.25) is 0 Å². The molecule has 8 rings (SSSR count). The maximum absolute atomic E-state index is 14.5. The van der Waals surface area contributed by atoms with Crippen molar-refractivity contribution in [3.8, 4) is 67.5 Å². The quantitative estimate of drug-likeness (QED) is 0.0603. The Bertz CT molecular complexity index is 3570. The topological polar surface area (TPSA) is 95.9 Å². The van der Waals surface area contributed by atoms with E-state index < -0.39 is 36.1 Å². The minimum atomic E-state index is -1.20. The second kappa shape index (κ2) is 51.7. The van der Waals surface area contributed by atoms with Crippen molar-refractivity contribution >= 4 is 61.9 Å². The van der Waals surface area contributed by atoms with Crippen molar-refractivity contribution < 1.29 is 81.5 Å². The van der Waals surface area contributed by atoms with Crippen LogP contribution < -0.4 is 33.4 Å². The van der Waals surface area contributed by atoms with Gasteiger partial charge in [-0.05, 0) is 187 Å². The summed E-state index contributed by atoms with van der Waals surface area (Å²) in [6.07, 6.45) is 0. The third kappa shape index (κ3) is 30.7. The summed E-state index contributed by atoms with van der Waals surface area (Å²) in [6, 6.07) is 46.5. The molecule has 0 fully saturated rings. The zero-order valence-electron chi connectivity index (χ0n) is 72.3. The molecule has 14 heteroatoms. The van der Waals surface area contributed by atoms with Crippen LogP contribution in [0, 0.1) is 0 Å². The molecule has 0 spiro atoms. The van der Waals surface area contributed by atoms with Gasteiger partial charge in [0.15, 0.2) is 0 Å². The number of phenolic OH excluding ortho intramolecular Hbond substituents is 1. The summed E-state index contributed by atoms with van der Waals surface area (Å²) >= 11 is -2.40. The van der Waals surface area contributed by atoms with E-state index in [1.54, 1.807) is 23.0 Å². The Morgan fingerprint density at radius 3 is 0.685 bits per heavy atom. The summed E-state index contributed by atoms with van der Waals surface area (Å²) in [6.45, 7) is 67.9. The van der Waals surface area contributed by atoms with Crippen molar-refractivity contribution in [3.05, 3.63) is 211 Å². The Balaban J connectivity index is 0. The third-order valence-electron chi connectivity index (χ3n) is 18.3. The van der Waals surface area contributed by atoms with Gasteiger partial charge in [0.05, 0.1) is 0 Å². The molecule has 6 nitrogen and oxygen atoms in total. The van der Waals surface area contributed by atoms with Crippen LogP contribution >= 0.6 is 53.1 Å². The molecule has 0 amide bonds. The number of phenols is 1. The number of methoxy groups -OCH3 is 2. The number of halogens is 3. The molecule has 0 bridgehead atoms. The van der Waals surface area contributed by atoms with E-state index in [4.69, 9.17) is 9.47 Å². The van der Waals surface area contributed by atoms with E-state index in [0.29, 0.717) is 76.8 Å². The van der Waals surface area contributed by atoms with Gasteiger partial charge >= 0.3 is 165 Å². The van der Waals surface area contributed by atoms with Crippen molar-refractivity contribution in [2.24, 2.45) is 0 Å². The van der Waals surface area contributed by atoms with Crippen LogP contribution in [0.15, 0.2) is 133 Å². The molecule has 1 N–H and O–H groups in total. The number of rotatable bonds is 20. The smallest absolute Gasteiger partial charge is 0.147 e.